The number of halogens is 2. The molecule has 4 N–H and O–H groups in total. The lowest BCUT2D eigenvalue weighted by Gasteiger charge is -2.36. The number of amides is 2. The number of alkyl halides is 2. The number of benzene rings is 2. The SMILES string of the molecule is CCC(=O)N[C@H](Cc1ccc(NC[C@@H](N)C2CCC(F)(F)CC2)cc1)C(=O)N1CCN(Cc2ccccc2)CC1. The first-order chi connectivity index (χ1) is 19.2. The fraction of sp³-hybridized carbons (Fsp3) is 0.548. The van der Waals surface area contributed by atoms with Gasteiger partial charge in [-0.15, -0.1) is 0 Å². The Balaban J connectivity index is 1.28. The van der Waals surface area contributed by atoms with E-state index in [4.69, 9.17) is 5.73 Å². The summed E-state index contributed by atoms with van der Waals surface area (Å²) in [6.07, 6.45) is 1.46. The van der Waals surface area contributed by atoms with Crippen LogP contribution in [0.4, 0.5) is 14.5 Å². The largest absolute Gasteiger partial charge is 0.383 e. The zero-order valence-corrected chi connectivity index (χ0v) is 23.5. The second-order valence-electron chi connectivity index (χ2n) is 11.2. The summed E-state index contributed by atoms with van der Waals surface area (Å²) < 4.78 is 26.9. The molecule has 0 aromatic heterocycles. The van der Waals surface area contributed by atoms with Crippen molar-refractivity contribution in [1.82, 2.24) is 15.1 Å². The first-order valence-corrected chi connectivity index (χ1v) is 14.5. The molecule has 2 atom stereocenters. The second-order valence-corrected chi connectivity index (χ2v) is 11.2. The van der Waals surface area contributed by atoms with Crippen LogP contribution >= 0.6 is 0 Å². The molecule has 2 fully saturated rings. The van der Waals surface area contributed by atoms with E-state index in [1.807, 2.05) is 47.4 Å². The number of anilines is 1. The van der Waals surface area contributed by atoms with Crippen LogP contribution in [0.5, 0.6) is 0 Å². The normalized spacial score (nSPS) is 19.6. The fourth-order valence-corrected chi connectivity index (χ4v) is 5.57. The summed E-state index contributed by atoms with van der Waals surface area (Å²) >= 11 is 0. The lowest BCUT2D eigenvalue weighted by atomic mass is 9.82. The predicted molar refractivity (Wildman–Crippen MR) is 154 cm³/mol. The van der Waals surface area contributed by atoms with Gasteiger partial charge in [-0.1, -0.05) is 49.4 Å². The maximum Gasteiger partial charge on any atom is 0.248 e. The molecule has 1 aliphatic carbocycles. The van der Waals surface area contributed by atoms with E-state index in [-0.39, 0.29) is 36.6 Å². The average molecular weight is 556 g/mol. The molecule has 9 heteroatoms. The topological polar surface area (TPSA) is 90.7 Å². The molecule has 1 saturated carbocycles. The summed E-state index contributed by atoms with van der Waals surface area (Å²) in [6, 6.07) is 17.3. The number of nitrogens with two attached hydrogens (primary N) is 1. The third kappa shape index (κ3) is 8.73. The van der Waals surface area contributed by atoms with Crippen LogP contribution in [0.2, 0.25) is 0 Å². The lowest BCUT2D eigenvalue weighted by molar-refractivity contribution is -0.138. The van der Waals surface area contributed by atoms with Crippen LogP contribution in [0, 0.1) is 5.92 Å². The third-order valence-corrected chi connectivity index (χ3v) is 8.19. The minimum atomic E-state index is -2.55. The van der Waals surface area contributed by atoms with Crippen LogP contribution in [0.25, 0.3) is 0 Å². The smallest absolute Gasteiger partial charge is 0.248 e. The maximum absolute atomic E-state index is 13.5. The van der Waals surface area contributed by atoms with Crippen LogP contribution in [-0.4, -0.2) is 72.3 Å². The molecule has 1 heterocycles. The van der Waals surface area contributed by atoms with E-state index in [1.165, 1.54) is 5.56 Å². The first kappa shape index (κ1) is 29.9. The summed E-state index contributed by atoms with van der Waals surface area (Å²) in [5, 5.41) is 6.25. The van der Waals surface area contributed by atoms with E-state index in [1.54, 1.807) is 6.92 Å². The van der Waals surface area contributed by atoms with Crippen LogP contribution in [-0.2, 0) is 22.6 Å². The molecule has 2 aromatic rings. The van der Waals surface area contributed by atoms with Crippen molar-refractivity contribution in [2.24, 2.45) is 11.7 Å². The molecular weight excluding hydrogens is 512 g/mol. The predicted octanol–water partition coefficient (Wildman–Crippen LogP) is 4.03. The van der Waals surface area contributed by atoms with Crippen molar-refractivity contribution >= 4 is 17.5 Å². The molecule has 1 saturated heterocycles. The second kappa shape index (κ2) is 14.0. The van der Waals surface area contributed by atoms with Crippen molar-refractivity contribution in [2.75, 3.05) is 38.0 Å². The number of nitrogens with zero attached hydrogens (tertiary/aromatic N) is 2. The number of hydrogen-bond donors (Lipinski definition) is 3. The molecule has 2 amide bonds. The quantitative estimate of drug-likeness (QED) is 0.390. The van der Waals surface area contributed by atoms with E-state index in [0.29, 0.717) is 45.3 Å². The van der Waals surface area contributed by atoms with Gasteiger partial charge in [-0.3, -0.25) is 14.5 Å². The Morgan fingerprint density at radius 2 is 1.62 bits per heavy atom. The number of carbonyl (C=O) groups excluding carboxylic acids is 2. The van der Waals surface area contributed by atoms with Gasteiger partial charge in [0.2, 0.25) is 17.7 Å². The van der Waals surface area contributed by atoms with Gasteiger partial charge in [0, 0.05) is 76.7 Å². The molecule has 218 valence electrons. The fourth-order valence-electron chi connectivity index (χ4n) is 5.57. The van der Waals surface area contributed by atoms with Gasteiger partial charge in [-0.05, 0) is 42.0 Å². The zero-order chi connectivity index (χ0) is 28.5. The Morgan fingerprint density at radius 1 is 0.975 bits per heavy atom. The molecule has 2 aliphatic rings. The summed E-state index contributed by atoms with van der Waals surface area (Å²) in [4.78, 5) is 30.0. The van der Waals surface area contributed by atoms with Crippen molar-refractivity contribution in [3.63, 3.8) is 0 Å². The lowest BCUT2D eigenvalue weighted by Crippen LogP contribution is -2.55. The Bertz CT molecular complexity index is 1080. The van der Waals surface area contributed by atoms with Crippen molar-refractivity contribution in [2.45, 2.75) is 70.0 Å². The van der Waals surface area contributed by atoms with Gasteiger partial charge in [-0.2, -0.15) is 0 Å². The molecular formula is C31H43F2N5O2. The number of nitrogens with one attached hydrogen (secondary N) is 2. The van der Waals surface area contributed by atoms with Gasteiger partial charge < -0.3 is 21.3 Å². The Morgan fingerprint density at radius 3 is 2.25 bits per heavy atom. The van der Waals surface area contributed by atoms with Crippen molar-refractivity contribution in [3.05, 3.63) is 65.7 Å². The van der Waals surface area contributed by atoms with Crippen LogP contribution in [0.3, 0.4) is 0 Å². The van der Waals surface area contributed by atoms with E-state index < -0.39 is 12.0 Å². The highest BCUT2D eigenvalue weighted by molar-refractivity contribution is 5.88. The monoisotopic (exact) mass is 555 g/mol. The molecule has 1 aliphatic heterocycles. The summed E-state index contributed by atoms with van der Waals surface area (Å²) in [7, 11) is 0. The molecule has 40 heavy (non-hydrogen) atoms. The first-order valence-electron chi connectivity index (χ1n) is 14.5. The highest BCUT2D eigenvalue weighted by atomic mass is 19.3. The maximum atomic E-state index is 13.5. The van der Waals surface area contributed by atoms with Gasteiger partial charge in [0.15, 0.2) is 0 Å². The molecule has 0 bridgehead atoms. The average Bonchev–Trinajstić information content (AvgIpc) is 2.96. The van der Waals surface area contributed by atoms with E-state index in [0.717, 1.165) is 30.9 Å². The highest BCUT2D eigenvalue weighted by Gasteiger charge is 2.36. The Kier molecular flexibility index (Phi) is 10.5. The summed E-state index contributed by atoms with van der Waals surface area (Å²) in [5.74, 6) is -2.65. The van der Waals surface area contributed by atoms with Gasteiger partial charge in [0.25, 0.3) is 0 Å². The van der Waals surface area contributed by atoms with E-state index in [2.05, 4.69) is 27.7 Å². The number of carbonyl (C=O) groups is 2. The minimum Gasteiger partial charge on any atom is -0.383 e. The summed E-state index contributed by atoms with van der Waals surface area (Å²) in [5.41, 5.74) is 9.39. The zero-order valence-electron chi connectivity index (χ0n) is 23.5. The molecule has 7 nitrogen and oxygen atoms in total. The van der Waals surface area contributed by atoms with Crippen LogP contribution in [0.15, 0.2) is 54.6 Å². The van der Waals surface area contributed by atoms with Crippen molar-refractivity contribution < 1.29 is 18.4 Å². The minimum absolute atomic E-state index is 0.0487. The van der Waals surface area contributed by atoms with Gasteiger partial charge in [-0.25, -0.2) is 8.78 Å². The third-order valence-electron chi connectivity index (χ3n) is 8.19. The Labute approximate surface area is 236 Å². The van der Waals surface area contributed by atoms with E-state index >= 15 is 0 Å². The summed E-state index contributed by atoms with van der Waals surface area (Å²) in [6.45, 7) is 6.00. The molecule has 4 rings (SSSR count). The van der Waals surface area contributed by atoms with E-state index in [9.17, 15) is 18.4 Å². The number of hydrogen-bond acceptors (Lipinski definition) is 5. The van der Waals surface area contributed by atoms with Gasteiger partial charge in [0.05, 0.1) is 0 Å². The standard InChI is InChI=1S/C31H43F2N5O2/c1-2-29(39)36-28(30(40)38-18-16-37(17-19-38)22-24-6-4-3-5-7-24)20-23-8-10-26(11-9-23)35-21-27(34)25-12-14-31(32,33)15-13-25/h3-11,25,27-28,35H,2,12-22,34H2,1H3,(H,36,39)/t27-,28-/m1/s1. The van der Waals surface area contributed by atoms with Crippen molar-refractivity contribution in [1.29, 1.82) is 0 Å². The number of rotatable bonds is 11. The molecule has 0 unspecified atom stereocenters. The van der Waals surface area contributed by atoms with Crippen LogP contribution < -0.4 is 16.4 Å². The van der Waals surface area contributed by atoms with Crippen molar-refractivity contribution in [3.8, 4) is 0 Å². The molecule has 0 spiro atoms. The molecule has 2 aromatic carbocycles. The Hall–Kier alpha value is -3.04. The highest BCUT2D eigenvalue weighted by Crippen LogP contribution is 2.37. The van der Waals surface area contributed by atoms with Crippen LogP contribution in [0.1, 0.15) is 50.2 Å². The molecule has 0 radical (unpaired) electrons. The number of piperazine rings is 1. The van der Waals surface area contributed by atoms with Gasteiger partial charge >= 0.3 is 0 Å². The van der Waals surface area contributed by atoms with Gasteiger partial charge in [0.1, 0.15) is 6.04 Å².